The van der Waals surface area contributed by atoms with Gasteiger partial charge in [-0.25, -0.2) is 8.42 Å². The van der Waals surface area contributed by atoms with Crippen molar-refractivity contribution in [3.63, 3.8) is 0 Å². The summed E-state index contributed by atoms with van der Waals surface area (Å²) < 4.78 is 30.7. The highest BCUT2D eigenvalue weighted by molar-refractivity contribution is 7.89. The Morgan fingerprint density at radius 2 is 1.58 bits per heavy atom. The van der Waals surface area contributed by atoms with E-state index in [0.29, 0.717) is 30.7 Å². The Labute approximate surface area is 181 Å². The largest absolute Gasteiger partial charge is 0.366 e. The van der Waals surface area contributed by atoms with E-state index in [9.17, 15) is 18.0 Å². The highest BCUT2D eigenvalue weighted by Crippen LogP contribution is 2.26. The Morgan fingerprint density at radius 1 is 0.903 bits per heavy atom. The molecule has 9 heteroatoms. The molecule has 0 spiro atoms. The number of sulfonamides is 1. The summed E-state index contributed by atoms with van der Waals surface area (Å²) in [6.45, 7) is 5.37. The first kappa shape index (κ1) is 21.3. The van der Waals surface area contributed by atoms with E-state index in [2.05, 4.69) is 11.0 Å². The van der Waals surface area contributed by atoms with Crippen LogP contribution in [0.4, 0.5) is 5.69 Å². The van der Waals surface area contributed by atoms with E-state index in [4.69, 9.17) is 0 Å². The summed E-state index contributed by atoms with van der Waals surface area (Å²) >= 11 is 0. The van der Waals surface area contributed by atoms with E-state index >= 15 is 0 Å². The van der Waals surface area contributed by atoms with Crippen LogP contribution in [0.15, 0.2) is 56.9 Å². The Bertz CT molecular complexity index is 1390. The van der Waals surface area contributed by atoms with Crippen molar-refractivity contribution in [3.05, 3.63) is 68.7 Å². The van der Waals surface area contributed by atoms with Gasteiger partial charge in [-0.1, -0.05) is 12.1 Å². The van der Waals surface area contributed by atoms with E-state index < -0.39 is 21.1 Å². The van der Waals surface area contributed by atoms with Gasteiger partial charge in [0.15, 0.2) is 0 Å². The van der Waals surface area contributed by atoms with Crippen LogP contribution in [0.3, 0.4) is 0 Å². The second-order valence-corrected chi connectivity index (χ2v) is 10.1. The molecule has 1 atom stereocenters. The lowest BCUT2D eigenvalue weighted by atomic mass is 10.1. The topological polar surface area (TPSA) is 84.6 Å². The molecule has 1 aromatic heterocycles. The highest BCUT2D eigenvalue weighted by atomic mass is 32.2. The predicted octanol–water partition coefficient (Wildman–Crippen LogP) is 1.45. The van der Waals surface area contributed by atoms with Crippen LogP contribution < -0.4 is 16.0 Å². The molecular formula is C22H26N4O4S. The van der Waals surface area contributed by atoms with E-state index in [-0.39, 0.29) is 10.9 Å². The maximum absolute atomic E-state index is 13.4. The van der Waals surface area contributed by atoms with Gasteiger partial charge in [-0.05, 0) is 49.7 Å². The zero-order chi connectivity index (χ0) is 22.5. The Kier molecular flexibility index (Phi) is 5.26. The van der Waals surface area contributed by atoms with Crippen molar-refractivity contribution < 1.29 is 8.42 Å². The van der Waals surface area contributed by atoms with Gasteiger partial charge >= 0.3 is 11.1 Å². The maximum Gasteiger partial charge on any atom is 0.316 e. The van der Waals surface area contributed by atoms with Crippen molar-refractivity contribution in [2.24, 2.45) is 14.1 Å². The van der Waals surface area contributed by atoms with Crippen LogP contribution >= 0.6 is 0 Å². The summed E-state index contributed by atoms with van der Waals surface area (Å²) in [5, 5.41) is 0. The number of nitrogens with zero attached hydrogens (tertiary/aromatic N) is 4. The smallest absolute Gasteiger partial charge is 0.316 e. The molecule has 0 N–H and O–H groups in total. The van der Waals surface area contributed by atoms with Crippen molar-refractivity contribution >= 4 is 26.7 Å². The molecule has 0 aliphatic carbocycles. The molecule has 1 aliphatic rings. The fourth-order valence-corrected chi connectivity index (χ4v) is 5.74. The van der Waals surface area contributed by atoms with Crippen molar-refractivity contribution in [2.75, 3.05) is 24.5 Å². The number of benzene rings is 2. The van der Waals surface area contributed by atoms with Gasteiger partial charge in [0, 0.05) is 45.5 Å². The Morgan fingerprint density at radius 3 is 2.23 bits per heavy atom. The highest BCUT2D eigenvalue weighted by Gasteiger charge is 2.32. The Balaban J connectivity index is 1.67. The first-order chi connectivity index (χ1) is 14.6. The van der Waals surface area contributed by atoms with Crippen molar-refractivity contribution in [1.29, 1.82) is 0 Å². The van der Waals surface area contributed by atoms with E-state index in [0.717, 1.165) is 11.3 Å². The van der Waals surface area contributed by atoms with Crippen LogP contribution in [-0.2, 0) is 24.1 Å². The molecule has 1 fully saturated rings. The third-order valence-electron chi connectivity index (χ3n) is 6.02. The Hall–Kier alpha value is -2.91. The molecule has 0 unspecified atom stereocenters. The summed E-state index contributed by atoms with van der Waals surface area (Å²) in [7, 11) is -0.765. The molecule has 2 aromatic carbocycles. The van der Waals surface area contributed by atoms with Crippen LogP contribution in [0, 0.1) is 6.92 Å². The molecular weight excluding hydrogens is 416 g/mol. The lowest BCUT2D eigenvalue weighted by Gasteiger charge is -2.40. The number of aryl methyl sites for hydroxylation is 3. The van der Waals surface area contributed by atoms with Crippen molar-refractivity contribution in [2.45, 2.75) is 24.8 Å². The SMILES string of the molecule is Cc1cccc(N2CCN(S(=O)(=O)c3ccc4c(c3)n(C)c(=O)c(=O)n4C)C[C@H]2C)c1. The minimum atomic E-state index is -3.75. The molecule has 3 aromatic rings. The van der Waals surface area contributed by atoms with Crippen LogP contribution in [0.2, 0.25) is 0 Å². The van der Waals surface area contributed by atoms with Gasteiger partial charge < -0.3 is 14.0 Å². The third kappa shape index (κ3) is 3.57. The van der Waals surface area contributed by atoms with Crippen LogP contribution in [-0.4, -0.2) is 47.5 Å². The first-order valence-corrected chi connectivity index (χ1v) is 11.6. The van der Waals surface area contributed by atoms with Crippen LogP contribution in [0.1, 0.15) is 12.5 Å². The second-order valence-electron chi connectivity index (χ2n) is 8.12. The molecule has 0 bridgehead atoms. The molecule has 2 heterocycles. The zero-order valence-corrected chi connectivity index (χ0v) is 18.9. The molecule has 31 heavy (non-hydrogen) atoms. The summed E-state index contributed by atoms with van der Waals surface area (Å²) in [5.41, 5.74) is 1.82. The minimum Gasteiger partial charge on any atom is -0.366 e. The molecule has 1 saturated heterocycles. The second kappa shape index (κ2) is 7.65. The normalized spacial score (nSPS) is 17.9. The zero-order valence-electron chi connectivity index (χ0n) is 18.1. The van der Waals surface area contributed by atoms with Gasteiger partial charge in [-0.15, -0.1) is 0 Å². The fraction of sp³-hybridized carbons (Fsp3) is 0.364. The molecule has 1 aliphatic heterocycles. The molecule has 8 nitrogen and oxygen atoms in total. The summed E-state index contributed by atoms with van der Waals surface area (Å²) in [5.74, 6) is 0. The number of hydrogen-bond acceptors (Lipinski definition) is 5. The average Bonchev–Trinajstić information content (AvgIpc) is 2.75. The van der Waals surface area contributed by atoms with E-state index in [1.165, 1.54) is 39.7 Å². The summed E-state index contributed by atoms with van der Waals surface area (Å²) in [6.07, 6.45) is 0. The number of rotatable bonds is 3. The van der Waals surface area contributed by atoms with Gasteiger partial charge in [-0.2, -0.15) is 4.31 Å². The number of piperazine rings is 1. The van der Waals surface area contributed by atoms with Gasteiger partial charge in [0.05, 0.1) is 15.9 Å². The van der Waals surface area contributed by atoms with Crippen LogP contribution in [0.5, 0.6) is 0 Å². The van der Waals surface area contributed by atoms with Gasteiger partial charge in [0.25, 0.3) is 0 Å². The number of anilines is 1. The standard InChI is InChI=1S/C22H26N4O4S/c1-15-6-5-7-17(12-15)26-11-10-25(14-16(26)2)31(29,30)18-8-9-19-20(13-18)24(4)22(28)21(27)23(19)3/h5-9,12-13,16H,10-11,14H2,1-4H3/t16-/m1/s1. The lowest BCUT2D eigenvalue weighted by molar-refractivity contribution is 0.342. The average molecular weight is 443 g/mol. The third-order valence-corrected chi connectivity index (χ3v) is 7.88. The van der Waals surface area contributed by atoms with E-state index in [1.54, 1.807) is 6.07 Å². The number of aromatic nitrogens is 2. The van der Waals surface area contributed by atoms with Crippen molar-refractivity contribution in [1.82, 2.24) is 13.4 Å². The lowest BCUT2D eigenvalue weighted by Crippen LogP contribution is -2.53. The minimum absolute atomic E-state index is 0.0101. The maximum atomic E-state index is 13.4. The molecule has 0 amide bonds. The monoisotopic (exact) mass is 442 g/mol. The van der Waals surface area contributed by atoms with Gasteiger partial charge in [0.2, 0.25) is 10.0 Å². The van der Waals surface area contributed by atoms with Gasteiger partial charge in [-0.3, -0.25) is 9.59 Å². The number of hydrogen-bond donors (Lipinski definition) is 0. The fourth-order valence-electron chi connectivity index (χ4n) is 4.20. The molecule has 4 rings (SSSR count). The predicted molar refractivity (Wildman–Crippen MR) is 121 cm³/mol. The molecule has 164 valence electrons. The van der Waals surface area contributed by atoms with E-state index in [1.807, 2.05) is 32.0 Å². The molecule has 0 saturated carbocycles. The number of fused-ring (bicyclic) bond motifs is 1. The van der Waals surface area contributed by atoms with Crippen LogP contribution in [0.25, 0.3) is 11.0 Å². The summed E-state index contributed by atoms with van der Waals surface area (Å²) in [6, 6.07) is 12.8. The van der Waals surface area contributed by atoms with Crippen molar-refractivity contribution in [3.8, 4) is 0 Å². The van der Waals surface area contributed by atoms with Gasteiger partial charge in [0.1, 0.15) is 0 Å². The quantitative estimate of drug-likeness (QED) is 0.573. The first-order valence-electron chi connectivity index (χ1n) is 10.1. The summed E-state index contributed by atoms with van der Waals surface area (Å²) in [4.78, 5) is 26.5. The molecule has 0 radical (unpaired) electrons.